The third-order valence-electron chi connectivity index (χ3n) is 5.09. The monoisotopic (exact) mass is 419 g/mol. The highest BCUT2D eigenvalue weighted by Gasteiger charge is 2.34. The summed E-state index contributed by atoms with van der Waals surface area (Å²) in [7, 11) is -3.84. The number of carbonyl (C=O) groups is 1. The number of hydrogen-bond acceptors (Lipinski definition) is 4. The number of nitrogens with zero attached hydrogens (tertiary/aromatic N) is 3. The Labute approximate surface area is 171 Å². The molecule has 1 aliphatic heterocycles. The van der Waals surface area contributed by atoms with Crippen molar-refractivity contribution in [2.45, 2.75) is 19.5 Å². The lowest BCUT2D eigenvalue weighted by Gasteiger charge is -2.38. The normalized spacial score (nSPS) is 16.4. The maximum absolute atomic E-state index is 14.3. The van der Waals surface area contributed by atoms with Gasteiger partial charge in [0.25, 0.3) is 0 Å². The fourth-order valence-electron chi connectivity index (χ4n) is 3.64. The summed E-state index contributed by atoms with van der Waals surface area (Å²) in [6.45, 7) is 4.73. The number of benzene rings is 2. The van der Waals surface area contributed by atoms with Crippen LogP contribution in [-0.2, 0) is 21.4 Å². The lowest BCUT2D eigenvalue weighted by molar-refractivity contribution is -0.133. The molecule has 1 amide bonds. The molecule has 1 fully saturated rings. The molecule has 1 atom stereocenters. The maximum atomic E-state index is 14.3. The summed E-state index contributed by atoms with van der Waals surface area (Å²) in [5.74, 6) is -0.997. The average molecular weight is 420 g/mol. The summed E-state index contributed by atoms with van der Waals surface area (Å²) in [5, 5.41) is 0. The molecule has 29 heavy (non-hydrogen) atoms. The Hall–Kier alpha value is -2.45. The number of halogens is 1. The molecular weight excluding hydrogens is 393 g/mol. The molecule has 2 aromatic carbocycles. The van der Waals surface area contributed by atoms with Crippen molar-refractivity contribution in [3.63, 3.8) is 0 Å². The molecule has 6 nitrogen and oxygen atoms in total. The number of rotatable bonds is 6. The Morgan fingerprint density at radius 3 is 2.21 bits per heavy atom. The fourth-order valence-corrected chi connectivity index (χ4v) is 4.81. The van der Waals surface area contributed by atoms with E-state index in [1.165, 1.54) is 30.7 Å². The Balaban J connectivity index is 1.68. The van der Waals surface area contributed by atoms with Crippen molar-refractivity contribution in [3.05, 3.63) is 66.0 Å². The van der Waals surface area contributed by atoms with Crippen LogP contribution in [-0.4, -0.2) is 62.6 Å². The second-order valence-corrected chi connectivity index (χ2v) is 9.13. The van der Waals surface area contributed by atoms with Gasteiger partial charge in [0.1, 0.15) is 11.9 Å². The first kappa shape index (κ1) is 21.3. The van der Waals surface area contributed by atoms with Gasteiger partial charge in [0, 0.05) is 32.7 Å². The zero-order valence-corrected chi connectivity index (χ0v) is 17.5. The van der Waals surface area contributed by atoms with E-state index in [2.05, 4.69) is 17.0 Å². The molecule has 0 aliphatic carbocycles. The van der Waals surface area contributed by atoms with E-state index < -0.39 is 21.9 Å². The van der Waals surface area contributed by atoms with E-state index in [9.17, 15) is 17.6 Å². The van der Waals surface area contributed by atoms with Gasteiger partial charge in [0.2, 0.25) is 15.9 Å². The molecule has 156 valence electrons. The summed E-state index contributed by atoms with van der Waals surface area (Å²) >= 11 is 0. The third-order valence-corrected chi connectivity index (χ3v) is 6.32. The molecular formula is C21H26FN3O3S. The van der Waals surface area contributed by atoms with Crippen molar-refractivity contribution in [2.24, 2.45) is 0 Å². The van der Waals surface area contributed by atoms with Crippen LogP contribution in [0.1, 0.15) is 12.5 Å². The number of amides is 1. The molecule has 0 N–H and O–H groups in total. The summed E-state index contributed by atoms with van der Waals surface area (Å²) in [5.41, 5.74) is 1.10. The Kier molecular flexibility index (Phi) is 6.54. The van der Waals surface area contributed by atoms with Crippen LogP contribution in [0.3, 0.4) is 0 Å². The number of hydrogen-bond donors (Lipinski definition) is 0. The number of carbonyl (C=O) groups excluding carboxylic acids is 1. The van der Waals surface area contributed by atoms with Crippen LogP contribution < -0.4 is 4.31 Å². The molecule has 0 aromatic heterocycles. The molecule has 1 unspecified atom stereocenters. The lowest BCUT2D eigenvalue weighted by Crippen LogP contribution is -2.55. The summed E-state index contributed by atoms with van der Waals surface area (Å²) in [6, 6.07) is 14.7. The van der Waals surface area contributed by atoms with Gasteiger partial charge in [-0.05, 0) is 24.6 Å². The number of piperazine rings is 1. The van der Waals surface area contributed by atoms with Crippen LogP contribution in [0.15, 0.2) is 54.6 Å². The van der Waals surface area contributed by atoms with E-state index in [4.69, 9.17) is 0 Å². The summed E-state index contributed by atoms with van der Waals surface area (Å²) in [6.07, 6.45) is 0.987. The molecule has 8 heteroatoms. The van der Waals surface area contributed by atoms with Gasteiger partial charge in [-0.1, -0.05) is 42.5 Å². The molecule has 1 aliphatic rings. The van der Waals surface area contributed by atoms with Gasteiger partial charge in [0.15, 0.2) is 0 Å². The van der Waals surface area contributed by atoms with E-state index in [0.29, 0.717) is 26.2 Å². The molecule has 2 aromatic rings. The number of anilines is 1. The highest BCUT2D eigenvalue weighted by Crippen LogP contribution is 2.25. The Bertz CT molecular complexity index is 945. The van der Waals surface area contributed by atoms with E-state index in [0.717, 1.165) is 17.1 Å². The van der Waals surface area contributed by atoms with Crippen molar-refractivity contribution >= 4 is 21.6 Å². The minimum Gasteiger partial charge on any atom is -0.338 e. The van der Waals surface area contributed by atoms with Gasteiger partial charge in [-0.2, -0.15) is 0 Å². The second kappa shape index (κ2) is 8.92. The quantitative estimate of drug-likeness (QED) is 0.721. The van der Waals surface area contributed by atoms with Gasteiger partial charge < -0.3 is 4.90 Å². The SMILES string of the molecule is CC(C(=O)N1CCN(Cc2ccccc2)CC1)N(c1ccccc1F)S(C)(=O)=O. The van der Waals surface area contributed by atoms with Gasteiger partial charge in [0.05, 0.1) is 11.9 Å². The van der Waals surface area contributed by atoms with Crippen LogP contribution in [0.2, 0.25) is 0 Å². The number of sulfonamides is 1. The first-order valence-corrected chi connectivity index (χ1v) is 11.4. The molecule has 1 heterocycles. The van der Waals surface area contributed by atoms with Crippen LogP contribution in [0.25, 0.3) is 0 Å². The Morgan fingerprint density at radius 2 is 1.62 bits per heavy atom. The van der Waals surface area contributed by atoms with Gasteiger partial charge >= 0.3 is 0 Å². The van der Waals surface area contributed by atoms with E-state index in [-0.39, 0.29) is 11.6 Å². The molecule has 0 saturated carbocycles. The van der Waals surface area contributed by atoms with Crippen LogP contribution in [0, 0.1) is 5.82 Å². The zero-order chi connectivity index (χ0) is 21.0. The standard InChI is InChI=1S/C21H26FN3O3S/c1-17(25(29(2,27)28)20-11-7-6-10-19(20)22)21(26)24-14-12-23(13-15-24)16-18-8-4-3-5-9-18/h3-11,17H,12-16H2,1-2H3. The van der Waals surface area contributed by atoms with E-state index in [1.807, 2.05) is 18.2 Å². The van der Waals surface area contributed by atoms with Gasteiger partial charge in [-0.15, -0.1) is 0 Å². The fraction of sp³-hybridized carbons (Fsp3) is 0.381. The third kappa shape index (κ3) is 5.13. The van der Waals surface area contributed by atoms with Gasteiger partial charge in [-0.25, -0.2) is 12.8 Å². The largest absolute Gasteiger partial charge is 0.338 e. The summed E-state index contributed by atoms with van der Waals surface area (Å²) in [4.78, 5) is 16.9. The van der Waals surface area contributed by atoms with Crippen LogP contribution >= 0.6 is 0 Å². The summed E-state index contributed by atoms with van der Waals surface area (Å²) < 4.78 is 39.8. The highest BCUT2D eigenvalue weighted by atomic mass is 32.2. The van der Waals surface area contributed by atoms with Crippen LogP contribution in [0.4, 0.5) is 10.1 Å². The van der Waals surface area contributed by atoms with E-state index >= 15 is 0 Å². The maximum Gasteiger partial charge on any atom is 0.246 e. The minimum atomic E-state index is -3.84. The van der Waals surface area contributed by atoms with Crippen molar-refractivity contribution < 1.29 is 17.6 Å². The molecule has 0 radical (unpaired) electrons. The molecule has 0 spiro atoms. The van der Waals surface area contributed by atoms with Crippen molar-refractivity contribution in [2.75, 3.05) is 36.7 Å². The average Bonchev–Trinajstić information content (AvgIpc) is 2.69. The van der Waals surface area contributed by atoms with Crippen LogP contribution in [0.5, 0.6) is 0 Å². The molecule has 0 bridgehead atoms. The topological polar surface area (TPSA) is 60.9 Å². The molecule has 1 saturated heterocycles. The minimum absolute atomic E-state index is 0.112. The lowest BCUT2D eigenvalue weighted by atomic mass is 10.2. The predicted molar refractivity (Wildman–Crippen MR) is 111 cm³/mol. The van der Waals surface area contributed by atoms with Gasteiger partial charge in [-0.3, -0.25) is 14.0 Å². The second-order valence-electron chi connectivity index (χ2n) is 7.27. The van der Waals surface area contributed by atoms with Crippen molar-refractivity contribution in [1.29, 1.82) is 0 Å². The molecule has 3 rings (SSSR count). The number of para-hydroxylation sites is 1. The predicted octanol–water partition coefficient (Wildman–Crippen LogP) is 2.32. The van der Waals surface area contributed by atoms with Crippen molar-refractivity contribution in [3.8, 4) is 0 Å². The zero-order valence-electron chi connectivity index (χ0n) is 16.7. The highest BCUT2D eigenvalue weighted by molar-refractivity contribution is 7.92. The first-order chi connectivity index (χ1) is 13.8. The Morgan fingerprint density at radius 1 is 1.03 bits per heavy atom. The van der Waals surface area contributed by atoms with E-state index in [1.54, 1.807) is 11.0 Å². The first-order valence-electron chi connectivity index (χ1n) is 9.56. The van der Waals surface area contributed by atoms with Crippen molar-refractivity contribution in [1.82, 2.24) is 9.80 Å². The smallest absolute Gasteiger partial charge is 0.246 e.